The quantitative estimate of drug-likeness (QED) is 0.766. The average Bonchev–Trinajstić information content (AvgIpc) is 3.29. The number of carbonyl (C=O) groups excluding carboxylic acids is 2. The van der Waals surface area contributed by atoms with Crippen molar-refractivity contribution in [3.8, 4) is 0 Å². The average molecular weight is 365 g/mol. The number of benzene rings is 1. The number of nitrogens with zero attached hydrogens (tertiary/aromatic N) is 4. The van der Waals surface area contributed by atoms with Crippen LogP contribution in [0.15, 0.2) is 48.1 Å². The zero-order chi connectivity index (χ0) is 17.9. The van der Waals surface area contributed by atoms with E-state index in [2.05, 4.69) is 20.3 Å². The minimum atomic E-state index is -0.425. The molecule has 1 aliphatic heterocycles. The van der Waals surface area contributed by atoms with Gasteiger partial charge in [-0.1, -0.05) is 18.2 Å². The molecule has 0 aliphatic carbocycles. The van der Waals surface area contributed by atoms with E-state index in [1.54, 1.807) is 16.3 Å². The molecule has 3 aromatic rings. The van der Waals surface area contributed by atoms with Gasteiger partial charge >= 0.3 is 0 Å². The number of nitrogens with one attached hydrogen (secondary N) is 1. The van der Waals surface area contributed by atoms with Crippen molar-refractivity contribution in [1.82, 2.24) is 15.0 Å². The number of anilines is 2. The fraction of sp³-hybridized carbons (Fsp3) is 0.167. The van der Waals surface area contributed by atoms with Gasteiger partial charge in [-0.05, 0) is 24.1 Å². The maximum Gasteiger partial charge on any atom is 0.295 e. The Morgan fingerprint density at radius 1 is 1.15 bits per heavy atom. The van der Waals surface area contributed by atoms with Crippen LogP contribution in [0.25, 0.3) is 0 Å². The SMILES string of the molecule is O=C(Nc1nc(CC(=O)N2CCc3ccccc32)cs1)c1ncccn1. The number of para-hydroxylation sites is 1. The van der Waals surface area contributed by atoms with Crippen LogP contribution in [-0.4, -0.2) is 33.3 Å². The third-order valence-electron chi connectivity index (χ3n) is 4.06. The largest absolute Gasteiger partial charge is 0.311 e. The molecule has 1 aliphatic rings. The smallest absolute Gasteiger partial charge is 0.295 e. The van der Waals surface area contributed by atoms with Crippen LogP contribution in [0.2, 0.25) is 0 Å². The fourth-order valence-corrected chi connectivity index (χ4v) is 3.57. The summed E-state index contributed by atoms with van der Waals surface area (Å²) in [4.78, 5) is 38.6. The van der Waals surface area contributed by atoms with Crippen LogP contribution >= 0.6 is 11.3 Å². The molecule has 0 unspecified atom stereocenters. The van der Waals surface area contributed by atoms with Crippen molar-refractivity contribution in [2.24, 2.45) is 0 Å². The lowest BCUT2D eigenvalue weighted by Gasteiger charge is -2.16. The first-order chi connectivity index (χ1) is 12.7. The van der Waals surface area contributed by atoms with E-state index >= 15 is 0 Å². The monoisotopic (exact) mass is 365 g/mol. The number of rotatable bonds is 4. The minimum absolute atomic E-state index is 0.00418. The lowest BCUT2D eigenvalue weighted by atomic mass is 10.2. The summed E-state index contributed by atoms with van der Waals surface area (Å²) >= 11 is 1.27. The normalized spacial score (nSPS) is 12.7. The van der Waals surface area contributed by atoms with Crippen molar-refractivity contribution in [3.63, 3.8) is 0 Å². The molecule has 0 atom stereocenters. The van der Waals surface area contributed by atoms with Crippen LogP contribution in [0.3, 0.4) is 0 Å². The number of hydrogen-bond acceptors (Lipinski definition) is 6. The summed E-state index contributed by atoms with van der Waals surface area (Å²) in [7, 11) is 0. The predicted molar refractivity (Wildman–Crippen MR) is 98.3 cm³/mol. The Morgan fingerprint density at radius 3 is 2.81 bits per heavy atom. The van der Waals surface area contributed by atoms with Gasteiger partial charge in [0.25, 0.3) is 5.91 Å². The maximum absolute atomic E-state index is 12.6. The van der Waals surface area contributed by atoms with Crippen molar-refractivity contribution in [1.29, 1.82) is 0 Å². The van der Waals surface area contributed by atoms with Crippen LogP contribution < -0.4 is 10.2 Å². The van der Waals surface area contributed by atoms with E-state index in [0.29, 0.717) is 17.4 Å². The number of thiazole rings is 1. The summed E-state index contributed by atoms with van der Waals surface area (Å²) in [5, 5.41) is 4.86. The second kappa shape index (κ2) is 7.01. The molecular weight excluding hydrogens is 350 g/mol. The number of fused-ring (bicyclic) bond motifs is 1. The van der Waals surface area contributed by atoms with Gasteiger partial charge in [0.15, 0.2) is 5.13 Å². The molecule has 130 valence electrons. The summed E-state index contributed by atoms with van der Waals surface area (Å²) in [6, 6.07) is 9.57. The summed E-state index contributed by atoms with van der Waals surface area (Å²) in [6.45, 7) is 0.692. The standard InChI is InChI=1S/C18H15N5O2S/c24-15(23-9-6-12-4-1-2-5-14(12)23)10-13-11-26-18(21-13)22-17(25)16-19-7-3-8-20-16/h1-5,7-8,11H,6,9-10H2,(H,21,22,25). The van der Waals surface area contributed by atoms with E-state index in [1.807, 2.05) is 24.3 Å². The molecule has 0 fully saturated rings. The third-order valence-corrected chi connectivity index (χ3v) is 4.87. The molecule has 7 nitrogen and oxygen atoms in total. The second-order valence-corrected chi connectivity index (χ2v) is 6.63. The first-order valence-corrected chi connectivity index (χ1v) is 9.00. The van der Waals surface area contributed by atoms with E-state index in [1.165, 1.54) is 29.3 Å². The van der Waals surface area contributed by atoms with E-state index in [-0.39, 0.29) is 18.2 Å². The first-order valence-electron chi connectivity index (χ1n) is 8.12. The van der Waals surface area contributed by atoms with Crippen molar-refractivity contribution in [2.45, 2.75) is 12.8 Å². The van der Waals surface area contributed by atoms with E-state index in [4.69, 9.17) is 0 Å². The van der Waals surface area contributed by atoms with Gasteiger partial charge in [-0.25, -0.2) is 15.0 Å². The van der Waals surface area contributed by atoms with Crippen LogP contribution in [0.5, 0.6) is 0 Å². The number of amides is 2. The molecule has 4 rings (SSSR count). The number of aromatic nitrogens is 3. The van der Waals surface area contributed by atoms with Crippen LogP contribution in [0.4, 0.5) is 10.8 Å². The Hall–Kier alpha value is -3.13. The molecule has 2 aromatic heterocycles. The van der Waals surface area contributed by atoms with Gasteiger partial charge in [-0.3, -0.25) is 14.9 Å². The summed E-state index contributed by atoms with van der Waals surface area (Å²) in [6.07, 6.45) is 4.07. The highest BCUT2D eigenvalue weighted by molar-refractivity contribution is 7.14. The van der Waals surface area contributed by atoms with Crippen molar-refractivity contribution < 1.29 is 9.59 Å². The summed E-state index contributed by atoms with van der Waals surface area (Å²) < 4.78 is 0. The van der Waals surface area contributed by atoms with Gasteiger partial charge in [-0.2, -0.15) is 0 Å². The molecule has 0 spiro atoms. The van der Waals surface area contributed by atoms with E-state index in [9.17, 15) is 9.59 Å². The Bertz CT molecular complexity index is 957. The number of carbonyl (C=O) groups is 2. The molecule has 0 saturated carbocycles. The Labute approximate surface area is 153 Å². The highest BCUT2D eigenvalue weighted by Crippen LogP contribution is 2.28. The molecule has 2 amide bonds. The molecule has 3 heterocycles. The molecule has 0 saturated heterocycles. The Balaban J connectivity index is 1.41. The zero-order valence-corrected chi connectivity index (χ0v) is 14.6. The van der Waals surface area contributed by atoms with E-state index in [0.717, 1.165) is 12.1 Å². The van der Waals surface area contributed by atoms with Crippen LogP contribution in [0.1, 0.15) is 21.9 Å². The third kappa shape index (κ3) is 3.31. The summed E-state index contributed by atoms with van der Waals surface area (Å²) in [5.74, 6) is -0.343. The van der Waals surface area contributed by atoms with Crippen molar-refractivity contribution in [2.75, 3.05) is 16.8 Å². The topological polar surface area (TPSA) is 88.1 Å². The predicted octanol–water partition coefficient (Wildman–Crippen LogP) is 2.32. The van der Waals surface area contributed by atoms with Gasteiger partial charge in [0, 0.05) is 30.0 Å². The van der Waals surface area contributed by atoms with Gasteiger partial charge in [0.1, 0.15) is 0 Å². The first kappa shape index (κ1) is 16.3. The Kier molecular flexibility index (Phi) is 4.40. The van der Waals surface area contributed by atoms with Crippen LogP contribution in [0, 0.1) is 0 Å². The maximum atomic E-state index is 12.6. The zero-order valence-electron chi connectivity index (χ0n) is 13.8. The molecular formula is C18H15N5O2S. The fourth-order valence-electron chi connectivity index (χ4n) is 2.86. The Morgan fingerprint density at radius 2 is 1.96 bits per heavy atom. The second-order valence-electron chi connectivity index (χ2n) is 5.77. The van der Waals surface area contributed by atoms with Crippen LogP contribution in [-0.2, 0) is 17.6 Å². The van der Waals surface area contributed by atoms with Crippen molar-refractivity contribution >= 4 is 34.0 Å². The highest BCUT2D eigenvalue weighted by atomic mass is 32.1. The van der Waals surface area contributed by atoms with Crippen molar-refractivity contribution in [3.05, 3.63) is 65.2 Å². The lowest BCUT2D eigenvalue weighted by molar-refractivity contribution is -0.117. The minimum Gasteiger partial charge on any atom is -0.311 e. The van der Waals surface area contributed by atoms with Gasteiger partial charge in [-0.15, -0.1) is 11.3 Å². The van der Waals surface area contributed by atoms with Gasteiger partial charge in [0.2, 0.25) is 11.7 Å². The molecule has 0 bridgehead atoms. The lowest BCUT2D eigenvalue weighted by Crippen LogP contribution is -2.30. The summed E-state index contributed by atoms with van der Waals surface area (Å²) in [5.41, 5.74) is 2.80. The highest BCUT2D eigenvalue weighted by Gasteiger charge is 2.24. The molecule has 26 heavy (non-hydrogen) atoms. The number of hydrogen-bond donors (Lipinski definition) is 1. The van der Waals surface area contributed by atoms with Gasteiger partial charge in [0.05, 0.1) is 12.1 Å². The van der Waals surface area contributed by atoms with E-state index < -0.39 is 5.91 Å². The molecule has 8 heteroatoms. The molecule has 1 aromatic carbocycles. The molecule has 1 N–H and O–H groups in total. The van der Waals surface area contributed by atoms with Gasteiger partial charge < -0.3 is 4.90 Å². The molecule has 0 radical (unpaired) electrons.